The Balaban J connectivity index is 3.39. The molecule has 0 aliphatic carbocycles. The third kappa shape index (κ3) is 4.48. The summed E-state index contributed by atoms with van der Waals surface area (Å²) in [7, 11) is 0. The van der Waals surface area contributed by atoms with E-state index in [1.54, 1.807) is 0 Å². The first-order valence-electron chi connectivity index (χ1n) is 5.64. The Kier molecular flexibility index (Phi) is 5.42. The highest BCUT2D eigenvalue weighted by Gasteiger charge is 2.40. The van der Waals surface area contributed by atoms with E-state index >= 15 is 0 Å². The molecule has 0 aliphatic rings. The minimum absolute atomic E-state index is 0.441. The summed E-state index contributed by atoms with van der Waals surface area (Å²) in [4.78, 5) is 0. The molecule has 0 amide bonds. The number of aromatic nitrogens is 2. The fourth-order valence-corrected chi connectivity index (χ4v) is 2.08. The molecule has 0 saturated heterocycles. The molecular weight excluding hydrogens is 319 g/mol. The van der Waals surface area contributed by atoms with Crippen LogP contribution in [0.15, 0.2) is 0 Å². The van der Waals surface area contributed by atoms with Crippen molar-refractivity contribution in [1.82, 2.24) is 9.78 Å². The molecule has 3 N–H and O–H groups in total. The molecule has 0 unspecified atom stereocenters. The number of thioether (sulfide) groups is 1. The second-order valence-electron chi connectivity index (χ2n) is 4.20. The summed E-state index contributed by atoms with van der Waals surface area (Å²) in [5.41, 5.74) is 3.19. The lowest BCUT2D eigenvalue weighted by atomic mass is 10.2. The highest BCUT2D eigenvalue weighted by Crippen LogP contribution is 2.39. The Morgan fingerprint density at radius 1 is 1.43 bits per heavy atom. The van der Waals surface area contributed by atoms with Crippen LogP contribution in [0, 0.1) is 5.41 Å². The number of rotatable bonds is 5. The van der Waals surface area contributed by atoms with Crippen LogP contribution in [0.1, 0.15) is 31.1 Å². The number of halogens is 5. The maximum absolute atomic E-state index is 13.0. The van der Waals surface area contributed by atoms with Crippen molar-refractivity contribution in [2.24, 2.45) is 5.73 Å². The zero-order valence-corrected chi connectivity index (χ0v) is 11.9. The summed E-state index contributed by atoms with van der Waals surface area (Å²) >= 11 is 0.564. The summed E-state index contributed by atoms with van der Waals surface area (Å²) < 4.78 is 68.7. The maximum atomic E-state index is 13.0. The molecule has 21 heavy (non-hydrogen) atoms. The second-order valence-corrected chi connectivity index (χ2v) is 5.22. The molecule has 5 nitrogen and oxygen atoms in total. The number of amidine groups is 1. The summed E-state index contributed by atoms with van der Waals surface area (Å²) in [5.74, 6) is -1.11. The Morgan fingerprint density at radius 3 is 2.38 bits per heavy atom. The van der Waals surface area contributed by atoms with Gasteiger partial charge in [0.1, 0.15) is 0 Å². The van der Waals surface area contributed by atoms with Crippen LogP contribution >= 0.6 is 11.8 Å². The van der Waals surface area contributed by atoms with Crippen LogP contribution in [0.25, 0.3) is 0 Å². The maximum Gasteiger partial charge on any atom is 0.435 e. The number of nitrogens with zero attached hydrogens (tertiary/aromatic N) is 2. The number of nitrogens with two attached hydrogens (primary N) is 1. The first-order chi connectivity index (χ1) is 9.54. The van der Waals surface area contributed by atoms with Gasteiger partial charge in [-0.15, -0.1) is 0 Å². The molecule has 0 aliphatic heterocycles. The van der Waals surface area contributed by atoms with Crippen LogP contribution in [0.5, 0.6) is 5.88 Å². The molecule has 11 heteroatoms. The fourth-order valence-electron chi connectivity index (χ4n) is 1.52. The van der Waals surface area contributed by atoms with Crippen molar-refractivity contribution in [1.29, 1.82) is 5.41 Å². The Bertz CT molecular complexity index is 514. The van der Waals surface area contributed by atoms with Crippen LogP contribution in [-0.2, 0) is 11.9 Å². The number of hydrogen-bond donors (Lipinski definition) is 2. The van der Waals surface area contributed by atoms with Gasteiger partial charge in [-0.1, -0.05) is 11.8 Å². The van der Waals surface area contributed by atoms with Crippen molar-refractivity contribution in [2.75, 3.05) is 0 Å². The average molecular weight is 332 g/mol. The molecule has 120 valence electrons. The van der Waals surface area contributed by atoms with Gasteiger partial charge in [0.2, 0.25) is 5.88 Å². The number of nitrogens with one attached hydrogen (secondary N) is 1. The topological polar surface area (TPSA) is 76.9 Å². The minimum atomic E-state index is -4.83. The van der Waals surface area contributed by atoms with Crippen molar-refractivity contribution in [3.63, 3.8) is 0 Å². The van der Waals surface area contributed by atoms with E-state index < -0.39 is 46.9 Å². The van der Waals surface area contributed by atoms with Crippen LogP contribution in [0.4, 0.5) is 22.0 Å². The largest absolute Gasteiger partial charge is 0.435 e. The molecule has 1 rings (SSSR count). The molecule has 1 aromatic heterocycles. The molecule has 0 radical (unpaired) electrons. The van der Waals surface area contributed by atoms with Crippen LogP contribution < -0.4 is 10.5 Å². The molecule has 0 saturated carbocycles. The standard InChI is InChI=1S/C10H13F5N4OS/c1-4(2)19-7(20-8(11)12)5(3-21-9(16)17)6(18-19)10(13,14)15/h4,8H,3H2,1-2H3,(H3,16,17). The number of ether oxygens (including phenoxy) is 1. The molecule has 1 aromatic rings. The van der Waals surface area contributed by atoms with Crippen molar-refractivity contribution < 1.29 is 26.7 Å². The van der Waals surface area contributed by atoms with Crippen molar-refractivity contribution in [2.45, 2.75) is 38.4 Å². The van der Waals surface area contributed by atoms with Gasteiger partial charge in [-0.2, -0.15) is 27.1 Å². The number of hydrogen-bond acceptors (Lipinski definition) is 4. The zero-order chi connectivity index (χ0) is 16.4. The number of alkyl halides is 5. The molecule has 1 heterocycles. The van der Waals surface area contributed by atoms with Gasteiger partial charge < -0.3 is 10.5 Å². The van der Waals surface area contributed by atoms with Gasteiger partial charge in [0, 0.05) is 5.75 Å². The van der Waals surface area contributed by atoms with Gasteiger partial charge in [-0.25, -0.2) is 4.68 Å². The van der Waals surface area contributed by atoms with E-state index in [-0.39, 0.29) is 0 Å². The average Bonchev–Trinajstić information content (AvgIpc) is 2.64. The van der Waals surface area contributed by atoms with Gasteiger partial charge in [-0.05, 0) is 13.8 Å². The highest BCUT2D eigenvalue weighted by molar-refractivity contribution is 8.13. The Labute approximate surface area is 121 Å². The van der Waals surface area contributed by atoms with Crippen molar-refractivity contribution in [3.05, 3.63) is 11.3 Å². The van der Waals surface area contributed by atoms with E-state index in [9.17, 15) is 22.0 Å². The molecule has 0 fully saturated rings. The third-order valence-corrected chi connectivity index (χ3v) is 3.03. The van der Waals surface area contributed by atoms with Crippen molar-refractivity contribution in [3.8, 4) is 5.88 Å². The second kappa shape index (κ2) is 6.50. The summed E-state index contributed by atoms with van der Waals surface area (Å²) in [6, 6.07) is -0.615. The Hall–Kier alpha value is -1.52. The molecule has 0 spiro atoms. The molecule has 0 aromatic carbocycles. The summed E-state index contributed by atoms with van der Waals surface area (Å²) in [5, 5.41) is 9.90. The van der Waals surface area contributed by atoms with E-state index in [4.69, 9.17) is 11.1 Å². The normalized spacial score (nSPS) is 12.2. The lowest BCUT2D eigenvalue weighted by Gasteiger charge is -2.12. The zero-order valence-electron chi connectivity index (χ0n) is 11.0. The Morgan fingerprint density at radius 2 is 2.00 bits per heavy atom. The van der Waals surface area contributed by atoms with Crippen molar-refractivity contribution >= 4 is 16.9 Å². The van der Waals surface area contributed by atoms with Gasteiger partial charge in [-0.3, -0.25) is 5.41 Å². The fraction of sp³-hybridized carbons (Fsp3) is 0.600. The predicted molar refractivity (Wildman–Crippen MR) is 67.5 cm³/mol. The van der Waals surface area contributed by atoms with Crippen LogP contribution in [0.3, 0.4) is 0 Å². The minimum Gasteiger partial charge on any atom is -0.417 e. The van der Waals surface area contributed by atoms with E-state index in [1.165, 1.54) is 13.8 Å². The van der Waals surface area contributed by atoms with Crippen LogP contribution in [0.2, 0.25) is 0 Å². The highest BCUT2D eigenvalue weighted by atomic mass is 32.2. The van der Waals surface area contributed by atoms with E-state index in [0.717, 1.165) is 4.68 Å². The third-order valence-electron chi connectivity index (χ3n) is 2.29. The lowest BCUT2D eigenvalue weighted by molar-refractivity contribution is -0.142. The van der Waals surface area contributed by atoms with Gasteiger partial charge in [0.05, 0.1) is 11.6 Å². The van der Waals surface area contributed by atoms with Crippen LogP contribution in [-0.4, -0.2) is 21.6 Å². The van der Waals surface area contributed by atoms with Gasteiger partial charge >= 0.3 is 12.8 Å². The van der Waals surface area contributed by atoms with Gasteiger partial charge in [0.15, 0.2) is 10.9 Å². The summed E-state index contributed by atoms with van der Waals surface area (Å²) in [6.45, 7) is -0.331. The quantitative estimate of drug-likeness (QED) is 0.493. The molecular formula is C10H13F5N4OS. The first-order valence-corrected chi connectivity index (χ1v) is 6.62. The van der Waals surface area contributed by atoms with E-state index in [0.29, 0.717) is 11.8 Å². The van der Waals surface area contributed by atoms with E-state index in [2.05, 4.69) is 9.84 Å². The van der Waals surface area contributed by atoms with Gasteiger partial charge in [0.25, 0.3) is 0 Å². The first kappa shape index (κ1) is 17.5. The lowest BCUT2D eigenvalue weighted by Crippen LogP contribution is -2.12. The predicted octanol–water partition coefficient (Wildman–Crippen LogP) is 3.21. The monoisotopic (exact) mass is 332 g/mol. The van der Waals surface area contributed by atoms with E-state index in [1.807, 2.05) is 0 Å². The molecule has 0 atom stereocenters. The summed E-state index contributed by atoms with van der Waals surface area (Å²) in [6.07, 6.45) is -4.83. The SMILES string of the molecule is CC(C)n1nc(C(F)(F)F)c(CSC(=N)N)c1OC(F)F. The smallest absolute Gasteiger partial charge is 0.417 e. The molecule has 0 bridgehead atoms.